The van der Waals surface area contributed by atoms with Crippen molar-refractivity contribution in [1.29, 1.82) is 0 Å². The van der Waals surface area contributed by atoms with Crippen molar-refractivity contribution in [3.8, 4) is 0 Å². The second kappa shape index (κ2) is 10.4. The number of benzene rings is 1. The highest BCUT2D eigenvalue weighted by molar-refractivity contribution is 6.07. The summed E-state index contributed by atoms with van der Waals surface area (Å²) >= 11 is 0. The Morgan fingerprint density at radius 2 is 1.97 bits per heavy atom. The van der Waals surface area contributed by atoms with Crippen LogP contribution in [-0.4, -0.2) is 56.2 Å². The Labute approximate surface area is 211 Å². The van der Waals surface area contributed by atoms with E-state index in [0.717, 1.165) is 49.2 Å². The molecule has 1 unspecified atom stereocenters. The Morgan fingerprint density at radius 3 is 2.67 bits per heavy atom. The van der Waals surface area contributed by atoms with Crippen molar-refractivity contribution in [2.45, 2.75) is 57.5 Å². The summed E-state index contributed by atoms with van der Waals surface area (Å²) < 4.78 is 9.65. The monoisotopic (exact) mass is 492 g/mol. The van der Waals surface area contributed by atoms with Gasteiger partial charge in [0.1, 0.15) is 11.9 Å². The zero-order chi connectivity index (χ0) is 25.2. The Hall–Kier alpha value is -3.20. The molecule has 192 valence electrons. The lowest BCUT2D eigenvalue weighted by Crippen LogP contribution is -2.29. The molecule has 0 bridgehead atoms. The third-order valence-electron chi connectivity index (χ3n) is 7.53. The number of fused-ring (bicyclic) bond motifs is 1. The van der Waals surface area contributed by atoms with Crippen LogP contribution in [0.4, 0.5) is 5.69 Å². The van der Waals surface area contributed by atoms with Gasteiger partial charge in [0.05, 0.1) is 22.8 Å². The number of hydrogen-bond donors (Lipinski definition) is 1. The van der Waals surface area contributed by atoms with Crippen LogP contribution < -0.4 is 5.32 Å². The second-order valence-corrected chi connectivity index (χ2v) is 10.3. The van der Waals surface area contributed by atoms with E-state index in [2.05, 4.69) is 10.4 Å². The lowest BCUT2D eigenvalue weighted by Gasteiger charge is -2.19. The van der Waals surface area contributed by atoms with E-state index in [1.54, 1.807) is 15.6 Å². The standard InChI is InChI=1S/C27H36N6O3/c1-31(11-10-19-16-28-32(2)17-19)27(35)21-14-20(29-24(34)13-18-7-4-5-8-18)15-22-25(21)33(3)26(30-22)23-9-6-12-36-23/h14-18,23H,4-13H2,1-3H3,(H,29,34). The topological polar surface area (TPSA) is 94.3 Å². The van der Waals surface area contributed by atoms with Crippen molar-refractivity contribution < 1.29 is 14.3 Å². The average molecular weight is 493 g/mol. The Balaban J connectivity index is 1.43. The number of ether oxygens (including phenoxy) is 1. The van der Waals surface area contributed by atoms with Gasteiger partial charge in [0.25, 0.3) is 5.91 Å². The van der Waals surface area contributed by atoms with Crippen molar-refractivity contribution in [3.05, 3.63) is 41.5 Å². The number of carbonyl (C=O) groups excluding carboxylic acids is 2. The number of aryl methyl sites for hydroxylation is 2. The minimum atomic E-state index is -0.0994. The highest BCUT2D eigenvalue weighted by Crippen LogP contribution is 2.33. The second-order valence-electron chi connectivity index (χ2n) is 10.3. The molecular formula is C27H36N6O3. The first-order valence-electron chi connectivity index (χ1n) is 13.0. The molecule has 1 saturated carbocycles. The summed E-state index contributed by atoms with van der Waals surface area (Å²) in [7, 11) is 5.64. The van der Waals surface area contributed by atoms with E-state index in [1.165, 1.54) is 12.8 Å². The van der Waals surface area contributed by atoms with Crippen LogP contribution in [0.1, 0.15) is 72.8 Å². The Morgan fingerprint density at radius 1 is 1.17 bits per heavy atom. The van der Waals surface area contributed by atoms with Crippen LogP contribution >= 0.6 is 0 Å². The van der Waals surface area contributed by atoms with Crippen LogP contribution in [0.5, 0.6) is 0 Å². The minimum Gasteiger partial charge on any atom is -0.370 e. The number of imidazole rings is 1. The van der Waals surface area contributed by atoms with Crippen LogP contribution in [0.25, 0.3) is 11.0 Å². The Kier molecular flexibility index (Phi) is 7.09. The molecule has 1 aliphatic heterocycles. The van der Waals surface area contributed by atoms with E-state index in [9.17, 15) is 9.59 Å². The van der Waals surface area contributed by atoms with Gasteiger partial charge < -0.3 is 19.5 Å². The summed E-state index contributed by atoms with van der Waals surface area (Å²) in [5.74, 6) is 1.18. The minimum absolute atomic E-state index is 0.000128. The van der Waals surface area contributed by atoms with Crippen LogP contribution in [0.15, 0.2) is 24.5 Å². The van der Waals surface area contributed by atoms with E-state index in [4.69, 9.17) is 9.72 Å². The molecule has 1 atom stereocenters. The van der Waals surface area contributed by atoms with Gasteiger partial charge >= 0.3 is 0 Å². The zero-order valence-electron chi connectivity index (χ0n) is 21.5. The summed E-state index contributed by atoms with van der Waals surface area (Å²) in [5.41, 5.74) is 3.71. The number of hydrogen-bond acceptors (Lipinski definition) is 5. The highest BCUT2D eigenvalue weighted by atomic mass is 16.5. The van der Waals surface area contributed by atoms with Gasteiger partial charge in [-0.1, -0.05) is 12.8 Å². The van der Waals surface area contributed by atoms with Gasteiger partial charge in [0.2, 0.25) is 5.91 Å². The predicted molar refractivity (Wildman–Crippen MR) is 138 cm³/mol. The number of aromatic nitrogens is 4. The van der Waals surface area contributed by atoms with Crippen LogP contribution in [0, 0.1) is 5.92 Å². The molecule has 5 rings (SSSR count). The van der Waals surface area contributed by atoms with Gasteiger partial charge in [-0.15, -0.1) is 0 Å². The third kappa shape index (κ3) is 5.16. The van der Waals surface area contributed by atoms with Crippen molar-refractivity contribution in [3.63, 3.8) is 0 Å². The van der Waals surface area contributed by atoms with Gasteiger partial charge in [-0.3, -0.25) is 14.3 Å². The number of amides is 2. The predicted octanol–water partition coefficient (Wildman–Crippen LogP) is 3.99. The van der Waals surface area contributed by atoms with Crippen molar-refractivity contribution in [2.24, 2.45) is 20.0 Å². The fraction of sp³-hybridized carbons (Fsp3) is 0.556. The molecule has 1 aliphatic carbocycles. The zero-order valence-corrected chi connectivity index (χ0v) is 21.5. The normalized spacial score (nSPS) is 18.2. The van der Waals surface area contributed by atoms with Crippen LogP contribution in [0.2, 0.25) is 0 Å². The summed E-state index contributed by atoms with van der Waals surface area (Å²) in [6.07, 6.45) is 11.5. The highest BCUT2D eigenvalue weighted by Gasteiger charge is 2.27. The van der Waals surface area contributed by atoms with Crippen molar-refractivity contribution >= 4 is 28.5 Å². The molecule has 3 aromatic rings. The number of anilines is 1. The smallest absolute Gasteiger partial charge is 0.255 e. The summed E-state index contributed by atoms with van der Waals surface area (Å²) in [4.78, 5) is 33.1. The Bertz CT molecular complexity index is 1250. The first kappa shape index (κ1) is 24.5. The summed E-state index contributed by atoms with van der Waals surface area (Å²) in [6.45, 7) is 1.28. The molecule has 36 heavy (non-hydrogen) atoms. The maximum atomic E-state index is 13.7. The number of rotatable bonds is 8. The van der Waals surface area contributed by atoms with E-state index in [0.29, 0.717) is 42.1 Å². The summed E-state index contributed by atoms with van der Waals surface area (Å²) in [6, 6.07) is 3.69. The number of carbonyl (C=O) groups is 2. The molecule has 9 heteroatoms. The lowest BCUT2D eigenvalue weighted by atomic mass is 10.0. The fourth-order valence-corrected chi connectivity index (χ4v) is 5.57. The molecule has 2 amide bonds. The van der Waals surface area contributed by atoms with Crippen molar-refractivity contribution in [1.82, 2.24) is 24.2 Å². The van der Waals surface area contributed by atoms with E-state index < -0.39 is 0 Å². The SMILES string of the molecule is CN(CCc1cnn(C)c1)C(=O)c1cc(NC(=O)CC2CCCC2)cc2nc(C3CCCO3)n(C)c12. The van der Waals surface area contributed by atoms with E-state index >= 15 is 0 Å². The van der Waals surface area contributed by atoms with E-state index in [1.807, 2.05) is 44.2 Å². The first-order valence-corrected chi connectivity index (χ1v) is 13.0. The van der Waals surface area contributed by atoms with Gasteiger partial charge in [-0.25, -0.2) is 4.98 Å². The van der Waals surface area contributed by atoms with Gasteiger partial charge in [-0.2, -0.15) is 5.10 Å². The molecule has 0 spiro atoms. The fourth-order valence-electron chi connectivity index (χ4n) is 5.57. The van der Waals surface area contributed by atoms with Crippen LogP contribution in [0.3, 0.4) is 0 Å². The molecule has 1 aromatic carbocycles. The molecular weight excluding hydrogens is 456 g/mol. The summed E-state index contributed by atoms with van der Waals surface area (Å²) in [5, 5.41) is 7.27. The molecule has 0 radical (unpaired) electrons. The van der Waals surface area contributed by atoms with Gasteiger partial charge in [-0.05, 0) is 55.7 Å². The molecule has 1 N–H and O–H groups in total. The number of likely N-dealkylation sites (N-methyl/N-ethyl adjacent to an activating group) is 1. The average Bonchev–Trinajstić information content (AvgIpc) is 3.65. The quantitative estimate of drug-likeness (QED) is 0.513. The maximum absolute atomic E-state index is 13.7. The lowest BCUT2D eigenvalue weighted by molar-refractivity contribution is -0.117. The molecule has 9 nitrogen and oxygen atoms in total. The third-order valence-corrected chi connectivity index (χ3v) is 7.53. The largest absolute Gasteiger partial charge is 0.370 e. The number of nitrogens with zero attached hydrogens (tertiary/aromatic N) is 5. The molecule has 1 saturated heterocycles. The first-order chi connectivity index (χ1) is 17.4. The molecule has 2 fully saturated rings. The van der Waals surface area contributed by atoms with Gasteiger partial charge in [0.15, 0.2) is 0 Å². The van der Waals surface area contributed by atoms with E-state index in [-0.39, 0.29) is 17.9 Å². The number of nitrogens with one attached hydrogen (secondary N) is 1. The maximum Gasteiger partial charge on any atom is 0.255 e. The van der Waals surface area contributed by atoms with Crippen molar-refractivity contribution in [2.75, 3.05) is 25.5 Å². The van der Waals surface area contributed by atoms with Gasteiger partial charge in [0, 0.05) is 52.6 Å². The van der Waals surface area contributed by atoms with Crippen LogP contribution in [-0.2, 0) is 30.0 Å². The molecule has 2 aliphatic rings. The molecule has 2 aromatic heterocycles. The molecule has 3 heterocycles.